The summed E-state index contributed by atoms with van der Waals surface area (Å²) in [6.07, 6.45) is 0.703. The van der Waals surface area contributed by atoms with Crippen molar-refractivity contribution in [1.29, 1.82) is 0 Å². The van der Waals surface area contributed by atoms with Crippen molar-refractivity contribution in [1.82, 2.24) is 4.90 Å². The number of benzene rings is 1. The molecule has 1 rings (SSSR count). The average molecular weight is 281 g/mol. The minimum atomic E-state index is -0.372. The maximum Gasteiger partial charge on any atom is 0.292 e. The van der Waals surface area contributed by atoms with Crippen molar-refractivity contribution < 1.29 is 10.0 Å². The first kappa shape index (κ1) is 16.4. The Hall–Kier alpha value is -1.66. The van der Waals surface area contributed by atoms with Gasteiger partial charge in [0.2, 0.25) is 0 Å². The van der Waals surface area contributed by atoms with Gasteiger partial charge in [0.25, 0.3) is 5.69 Å². The fraction of sp³-hybridized carbons (Fsp3) is 0.571. The van der Waals surface area contributed by atoms with Crippen molar-refractivity contribution in [3.05, 3.63) is 33.9 Å². The Bertz CT molecular complexity index is 449. The van der Waals surface area contributed by atoms with Gasteiger partial charge in [0.15, 0.2) is 0 Å². The van der Waals surface area contributed by atoms with Crippen LogP contribution in [0.2, 0.25) is 0 Å². The highest BCUT2D eigenvalue weighted by Crippen LogP contribution is 2.25. The van der Waals surface area contributed by atoms with Crippen LogP contribution in [-0.4, -0.2) is 41.2 Å². The van der Waals surface area contributed by atoms with Crippen molar-refractivity contribution >= 4 is 11.4 Å². The third-order valence-corrected chi connectivity index (χ3v) is 3.25. The lowest BCUT2D eigenvalue weighted by molar-refractivity contribution is -0.384. The Labute approximate surface area is 119 Å². The summed E-state index contributed by atoms with van der Waals surface area (Å²) in [5.41, 5.74) is 1.52. The number of rotatable bonds is 8. The summed E-state index contributed by atoms with van der Waals surface area (Å²) in [6.45, 7) is 5.72. The highest BCUT2D eigenvalue weighted by Gasteiger charge is 2.16. The molecule has 0 atom stereocenters. The lowest BCUT2D eigenvalue weighted by Crippen LogP contribution is -2.31. The molecule has 0 fully saturated rings. The number of nitrogens with zero attached hydrogens (tertiary/aromatic N) is 2. The zero-order valence-corrected chi connectivity index (χ0v) is 12.3. The third-order valence-electron chi connectivity index (χ3n) is 3.25. The second-order valence-corrected chi connectivity index (χ2v) is 5.00. The summed E-state index contributed by atoms with van der Waals surface area (Å²) in [4.78, 5) is 12.9. The fourth-order valence-electron chi connectivity index (χ4n) is 2.07. The molecule has 1 aromatic carbocycles. The summed E-state index contributed by atoms with van der Waals surface area (Å²) in [7, 11) is 1.67. The molecular weight excluding hydrogens is 258 g/mol. The highest BCUT2D eigenvalue weighted by atomic mass is 16.6. The Balaban J connectivity index is 2.90. The van der Waals surface area contributed by atoms with Crippen LogP contribution in [0.5, 0.6) is 0 Å². The summed E-state index contributed by atoms with van der Waals surface area (Å²) < 4.78 is 0. The Morgan fingerprint density at radius 1 is 1.45 bits per heavy atom. The zero-order valence-electron chi connectivity index (χ0n) is 12.3. The van der Waals surface area contributed by atoms with Crippen LogP contribution in [0, 0.1) is 10.1 Å². The molecule has 0 amide bonds. The van der Waals surface area contributed by atoms with Gasteiger partial charge in [-0.2, -0.15) is 0 Å². The first-order valence-corrected chi connectivity index (χ1v) is 6.79. The maximum absolute atomic E-state index is 11.0. The Kier molecular flexibility index (Phi) is 6.41. The Morgan fingerprint density at radius 2 is 2.15 bits per heavy atom. The lowest BCUT2D eigenvalue weighted by atomic mass is 10.1. The van der Waals surface area contributed by atoms with E-state index in [0.717, 1.165) is 12.1 Å². The average Bonchev–Trinajstić information content (AvgIpc) is 2.42. The van der Waals surface area contributed by atoms with Gasteiger partial charge in [-0.1, -0.05) is 6.07 Å². The van der Waals surface area contributed by atoms with Crippen molar-refractivity contribution in [3.8, 4) is 0 Å². The monoisotopic (exact) mass is 281 g/mol. The van der Waals surface area contributed by atoms with Gasteiger partial charge in [-0.05, 0) is 31.9 Å². The van der Waals surface area contributed by atoms with Crippen LogP contribution in [-0.2, 0) is 6.54 Å². The second kappa shape index (κ2) is 7.81. The minimum absolute atomic E-state index is 0.0934. The number of anilines is 1. The van der Waals surface area contributed by atoms with Crippen LogP contribution in [0.1, 0.15) is 25.8 Å². The number of aliphatic hydroxyl groups excluding tert-OH is 1. The molecule has 0 aliphatic heterocycles. The van der Waals surface area contributed by atoms with E-state index in [9.17, 15) is 10.1 Å². The SMILES string of the molecule is CNc1ccc(CN(CCCO)C(C)C)cc1[N+](=O)[O-]. The van der Waals surface area contributed by atoms with E-state index in [1.165, 1.54) is 0 Å². The molecule has 1 aromatic rings. The van der Waals surface area contributed by atoms with E-state index in [-0.39, 0.29) is 17.2 Å². The molecule has 0 radical (unpaired) electrons. The number of nitro groups is 1. The molecule has 0 spiro atoms. The van der Waals surface area contributed by atoms with Crippen LogP contribution in [0.25, 0.3) is 0 Å². The fourth-order valence-corrected chi connectivity index (χ4v) is 2.07. The molecule has 0 saturated heterocycles. The number of hydrogen-bond donors (Lipinski definition) is 2. The summed E-state index contributed by atoms with van der Waals surface area (Å²) >= 11 is 0. The van der Waals surface area contributed by atoms with E-state index in [2.05, 4.69) is 24.1 Å². The Morgan fingerprint density at radius 3 is 2.65 bits per heavy atom. The van der Waals surface area contributed by atoms with Crippen LogP contribution in [0.4, 0.5) is 11.4 Å². The smallest absolute Gasteiger partial charge is 0.292 e. The van der Waals surface area contributed by atoms with Crippen molar-refractivity contribution in [2.24, 2.45) is 0 Å². The number of aliphatic hydroxyl groups is 1. The van der Waals surface area contributed by atoms with Crippen molar-refractivity contribution in [2.45, 2.75) is 32.9 Å². The van der Waals surface area contributed by atoms with E-state index in [0.29, 0.717) is 24.7 Å². The van der Waals surface area contributed by atoms with Gasteiger partial charge in [-0.3, -0.25) is 15.0 Å². The van der Waals surface area contributed by atoms with Gasteiger partial charge < -0.3 is 10.4 Å². The van der Waals surface area contributed by atoms with E-state index < -0.39 is 0 Å². The maximum atomic E-state index is 11.0. The van der Waals surface area contributed by atoms with Gasteiger partial charge in [0, 0.05) is 38.9 Å². The van der Waals surface area contributed by atoms with Gasteiger partial charge >= 0.3 is 0 Å². The first-order chi connectivity index (χ1) is 9.49. The molecule has 6 nitrogen and oxygen atoms in total. The third kappa shape index (κ3) is 4.47. The number of nitrogens with one attached hydrogen (secondary N) is 1. The van der Waals surface area contributed by atoms with Gasteiger partial charge in [-0.25, -0.2) is 0 Å². The molecule has 0 aliphatic carbocycles. The highest BCUT2D eigenvalue weighted by molar-refractivity contribution is 5.62. The van der Waals surface area contributed by atoms with E-state index in [4.69, 9.17) is 5.11 Å². The second-order valence-electron chi connectivity index (χ2n) is 5.00. The largest absolute Gasteiger partial charge is 0.396 e. The van der Waals surface area contributed by atoms with Gasteiger partial charge in [0.05, 0.1) is 4.92 Å². The quantitative estimate of drug-likeness (QED) is 0.564. The van der Waals surface area contributed by atoms with E-state index in [1.54, 1.807) is 19.2 Å². The summed E-state index contributed by atoms with van der Waals surface area (Å²) in [6, 6.07) is 5.57. The molecule has 0 aliphatic rings. The normalized spacial score (nSPS) is 11.1. The lowest BCUT2D eigenvalue weighted by Gasteiger charge is -2.26. The van der Waals surface area contributed by atoms with Gasteiger partial charge in [0.1, 0.15) is 5.69 Å². The van der Waals surface area contributed by atoms with Crippen LogP contribution in [0.15, 0.2) is 18.2 Å². The molecule has 0 saturated carbocycles. The molecule has 20 heavy (non-hydrogen) atoms. The number of hydrogen-bond acceptors (Lipinski definition) is 5. The molecule has 0 heterocycles. The molecule has 0 bridgehead atoms. The minimum Gasteiger partial charge on any atom is -0.396 e. The molecule has 112 valence electrons. The van der Waals surface area contributed by atoms with Crippen LogP contribution >= 0.6 is 0 Å². The molecule has 0 unspecified atom stereocenters. The molecule has 2 N–H and O–H groups in total. The van der Waals surface area contributed by atoms with Crippen molar-refractivity contribution in [3.63, 3.8) is 0 Å². The standard InChI is InChI=1S/C14H23N3O3/c1-11(2)16(7-4-8-18)10-12-5-6-13(15-3)14(9-12)17(19)20/h5-6,9,11,15,18H,4,7-8,10H2,1-3H3. The van der Waals surface area contributed by atoms with Gasteiger partial charge in [-0.15, -0.1) is 0 Å². The van der Waals surface area contributed by atoms with Crippen molar-refractivity contribution in [2.75, 3.05) is 25.5 Å². The predicted octanol–water partition coefficient (Wildman–Crippen LogP) is 2.23. The van der Waals surface area contributed by atoms with E-state index in [1.807, 2.05) is 6.07 Å². The predicted molar refractivity (Wildman–Crippen MR) is 79.9 cm³/mol. The molecule has 6 heteroatoms. The summed E-state index contributed by atoms with van der Waals surface area (Å²) in [5, 5.41) is 22.8. The van der Waals surface area contributed by atoms with E-state index >= 15 is 0 Å². The van der Waals surface area contributed by atoms with Crippen LogP contribution < -0.4 is 5.32 Å². The topological polar surface area (TPSA) is 78.6 Å². The molecule has 0 aromatic heterocycles. The zero-order chi connectivity index (χ0) is 15.1. The summed E-state index contributed by atoms with van der Waals surface area (Å²) in [5.74, 6) is 0. The number of nitro benzene ring substituents is 1. The molecular formula is C14H23N3O3. The first-order valence-electron chi connectivity index (χ1n) is 6.79. The van der Waals surface area contributed by atoms with Crippen LogP contribution in [0.3, 0.4) is 0 Å².